The van der Waals surface area contributed by atoms with E-state index in [9.17, 15) is 65.3 Å². The molecule has 0 saturated carbocycles. The van der Waals surface area contributed by atoms with Crippen LogP contribution in [0, 0.1) is 68.7 Å². The Bertz CT molecular complexity index is 2840. The van der Waals surface area contributed by atoms with Crippen LogP contribution in [0.4, 0.5) is 43.9 Å². The van der Waals surface area contributed by atoms with Crippen molar-refractivity contribution in [2.75, 3.05) is 0 Å². The summed E-state index contributed by atoms with van der Waals surface area (Å²) in [5.41, 5.74) is 6.56. The van der Waals surface area contributed by atoms with Crippen molar-refractivity contribution in [2.45, 2.75) is 37.8 Å². The van der Waals surface area contributed by atoms with Crippen LogP contribution in [0.2, 0.25) is 0 Å². The molecule has 0 spiro atoms. The average Bonchev–Trinajstić information content (AvgIpc) is 3.26. The van der Waals surface area contributed by atoms with Crippen LogP contribution in [0.5, 0.6) is 0 Å². The van der Waals surface area contributed by atoms with Gasteiger partial charge in [-0.15, -0.1) is 0 Å². The second kappa shape index (κ2) is 20.7. The van der Waals surface area contributed by atoms with Crippen LogP contribution in [0.15, 0.2) is 152 Å². The van der Waals surface area contributed by atoms with E-state index >= 15 is 0 Å². The molecule has 0 bridgehead atoms. The predicted octanol–water partition coefficient (Wildman–Crippen LogP) is 11.9. The van der Waals surface area contributed by atoms with Gasteiger partial charge < -0.3 is 4.55 Å². The zero-order valence-corrected chi connectivity index (χ0v) is 36.8. The van der Waals surface area contributed by atoms with Gasteiger partial charge in [0.05, 0.1) is 10.9 Å². The van der Waals surface area contributed by atoms with Crippen molar-refractivity contribution in [1.82, 2.24) is 0 Å². The van der Waals surface area contributed by atoms with E-state index in [1.165, 1.54) is 46.1 Å². The monoisotopic (exact) mass is 1060 g/mol. The molecule has 7 aromatic rings. The first kappa shape index (κ1) is 49.8. The molecular weight excluding hydrogens is 1040 g/mol. The van der Waals surface area contributed by atoms with Crippen molar-refractivity contribution >= 4 is 53.7 Å². The van der Waals surface area contributed by atoms with E-state index in [1.54, 1.807) is 0 Å². The van der Waals surface area contributed by atoms with Crippen LogP contribution in [0.25, 0.3) is 11.1 Å². The number of hydrogen-bond acceptors (Lipinski definition) is 5. The maximum Gasteiger partial charge on any atom is 0.300 e. The zero-order valence-electron chi connectivity index (χ0n) is 32.2. The summed E-state index contributed by atoms with van der Waals surface area (Å²) in [4.78, 5) is -0.589. The van der Waals surface area contributed by atoms with Gasteiger partial charge in [-0.05, 0) is 101 Å². The van der Waals surface area contributed by atoms with E-state index < -0.39 is 88.2 Å². The Hall–Kier alpha value is -5.26. The molecule has 0 fully saturated rings. The maximum atomic E-state index is 12.6. The van der Waals surface area contributed by atoms with Crippen molar-refractivity contribution in [3.05, 3.63) is 206 Å². The fourth-order valence-corrected chi connectivity index (χ4v) is 9.76. The summed E-state index contributed by atoms with van der Waals surface area (Å²) in [5.74, 6) is -25.4. The normalized spacial score (nSPS) is 11.4. The SMILES string of the molecule is Cc1ccc(I)c(-c2ccc(Cc3ccc([S+](c4ccccc4)c4ccccc4)cc3)cc2)c1.O=S(=O)(O)c1c(F)c(F)c(F)c(F)c1F.O=S(=O)([O-])c1c(F)c(F)c(F)c(F)c1F. The Balaban J connectivity index is 0.000000213. The molecule has 6 nitrogen and oxygen atoms in total. The van der Waals surface area contributed by atoms with Gasteiger partial charge in [0.15, 0.2) is 66.1 Å². The van der Waals surface area contributed by atoms with E-state index in [-0.39, 0.29) is 10.9 Å². The van der Waals surface area contributed by atoms with E-state index in [1.807, 2.05) is 0 Å². The first-order valence-corrected chi connectivity index (χ1v) is 22.9. The van der Waals surface area contributed by atoms with Crippen LogP contribution in [0.3, 0.4) is 0 Å². The highest BCUT2D eigenvalue weighted by molar-refractivity contribution is 14.1. The lowest BCUT2D eigenvalue weighted by Gasteiger charge is -2.10. The Morgan fingerprint density at radius 3 is 1.25 bits per heavy atom. The molecule has 0 aromatic heterocycles. The number of benzene rings is 7. The summed E-state index contributed by atoms with van der Waals surface area (Å²) in [5, 5.41) is 0. The van der Waals surface area contributed by atoms with Crippen molar-refractivity contribution in [1.29, 1.82) is 0 Å². The van der Waals surface area contributed by atoms with Crippen LogP contribution in [-0.2, 0) is 37.6 Å². The number of halogens is 11. The minimum absolute atomic E-state index is 0.0987. The Kier molecular flexibility index (Phi) is 16.1. The van der Waals surface area contributed by atoms with Gasteiger partial charge in [-0.2, -0.15) is 8.42 Å². The molecular formula is C44H27F10IO6S3. The third-order valence-electron chi connectivity index (χ3n) is 8.76. The summed E-state index contributed by atoms with van der Waals surface area (Å²) in [7, 11) is -11.4. The van der Waals surface area contributed by atoms with Gasteiger partial charge in [-0.3, -0.25) is 4.55 Å². The summed E-state index contributed by atoms with van der Waals surface area (Å²) in [6.45, 7) is 2.15. The standard InChI is InChI=1S/C32H26IS.2C6HF5O3S/c1-24-12-21-32(33)31(22-24)27-17-13-25(14-18-27)23-26-15-19-30(20-16-26)34(28-8-4-2-5-9-28)29-10-6-3-7-11-29;2*7-1-2(8)4(10)6(15(12,13)14)5(11)3(1)9/h2-22H,23H2,1H3;2*(H,12,13,14)/q+1;;/p-1. The number of hydrogen-bond donors (Lipinski definition) is 1. The zero-order chi connectivity index (χ0) is 47.3. The molecule has 334 valence electrons. The first-order chi connectivity index (χ1) is 30.0. The third kappa shape index (κ3) is 11.5. The summed E-state index contributed by atoms with van der Waals surface area (Å²) in [6.07, 6.45) is 0.940. The molecule has 0 aliphatic rings. The molecule has 64 heavy (non-hydrogen) atoms. The highest BCUT2D eigenvalue weighted by Crippen LogP contribution is 2.33. The van der Waals surface area contributed by atoms with Crippen LogP contribution in [-0.4, -0.2) is 25.9 Å². The van der Waals surface area contributed by atoms with Crippen LogP contribution < -0.4 is 0 Å². The first-order valence-electron chi connectivity index (χ1n) is 17.8. The molecule has 7 rings (SSSR count). The van der Waals surface area contributed by atoms with Gasteiger partial charge >= 0.3 is 10.1 Å². The van der Waals surface area contributed by atoms with Gasteiger partial charge in [0.25, 0.3) is 0 Å². The van der Waals surface area contributed by atoms with E-state index in [0.717, 1.165) is 6.42 Å². The molecule has 0 aliphatic heterocycles. The molecule has 20 heteroatoms. The maximum absolute atomic E-state index is 12.6. The second-order valence-corrected chi connectivity index (χ2v) is 19.0. The van der Waals surface area contributed by atoms with Gasteiger partial charge in [0.2, 0.25) is 11.6 Å². The largest absolute Gasteiger partial charge is 0.744 e. The lowest BCUT2D eigenvalue weighted by Crippen LogP contribution is -2.12. The fourth-order valence-electron chi connectivity index (χ4n) is 5.78. The number of aryl methyl sites for hydroxylation is 1. The van der Waals surface area contributed by atoms with Crippen molar-refractivity contribution in [3.8, 4) is 11.1 Å². The van der Waals surface area contributed by atoms with Gasteiger partial charge in [-0.25, -0.2) is 52.3 Å². The lowest BCUT2D eigenvalue weighted by atomic mass is 9.99. The summed E-state index contributed by atoms with van der Waals surface area (Å²) >= 11 is 2.42. The molecule has 0 aliphatic carbocycles. The molecule has 0 saturated heterocycles. The highest BCUT2D eigenvalue weighted by atomic mass is 127. The van der Waals surface area contributed by atoms with Crippen molar-refractivity contribution in [3.63, 3.8) is 0 Å². The van der Waals surface area contributed by atoms with Crippen LogP contribution in [0.1, 0.15) is 16.7 Å². The quantitative estimate of drug-likeness (QED) is 0.0405. The van der Waals surface area contributed by atoms with E-state index in [0.29, 0.717) is 0 Å². The Morgan fingerprint density at radius 2 is 0.859 bits per heavy atom. The molecule has 0 heterocycles. The molecule has 0 unspecified atom stereocenters. The molecule has 1 N–H and O–H groups in total. The lowest BCUT2D eigenvalue weighted by molar-refractivity contribution is 0.350. The second-order valence-electron chi connectivity index (χ2n) is 13.2. The molecule has 0 amide bonds. The van der Waals surface area contributed by atoms with Crippen molar-refractivity contribution < 1.29 is 69.8 Å². The van der Waals surface area contributed by atoms with Gasteiger partial charge in [-0.1, -0.05) is 90.5 Å². The predicted molar refractivity (Wildman–Crippen MR) is 224 cm³/mol. The molecule has 0 radical (unpaired) electrons. The fraction of sp³-hybridized carbons (Fsp3) is 0.0455. The Labute approximate surface area is 376 Å². The van der Waals surface area contributed by atoms with E-state index in [4.69, 9.17) is 4.55 Å². The third-order valence-corrected chi connectivity index (χ3v) is 13.7. The Morgan fingerprint density at radius 1 is 0.500 bits per heavy atom. The van der Waals surface area contributed by atoms with Crippen molar-refractivity contribution in [2.24, 2.45) is 0 Å². The number of rotatable bonds is 8. The highest BCUT2D eigenvalue weighted by Gasteiger charge is 2.33. The molecule has 7 aromatic carbocycles. The van der Waals surface area contributed by atoms with Gasteiger partial charge in [0.1, 0.15) is 15.0 Å². The van der Waals surface area contributed by atoms with Crippen LogP contribution >= 0.6 is 22.6 Å². The minimum Gasteiger partial charge on any atom is -0.744 e. The van der Waals surface area contributed by atoms with E-state index in [2.05, 4.69) is 157 Å². The summed E-state index contributed by atoms with van der Waals surface area (Å²) < 4.78 is 185. The average molecular weight is 1060 g/mol. The minimum atomic E-state index is -5.77. The molecule has 0 atom stereocenters. The summed E-state index contributed by atoms with van der Waals surface area (Å²) in [6, 6.07) is 46.5. The topological polar surface area (TPSA) is 112 Å². The smallest absolute Gasteiger partial charge is 0.300 e. The van der Waals surface area contributed by atoms with Gasteiger partial charge in [0, 0.05) is 3.57 Å².